The monoisotopic (exact) mass is 346 g/mol. The van der Waals surface area contributed by atoms with Gasteiger partial charge in [-0.25, -0.2) is 4.39 Å². The third-order valence-corrected chi connectivity index (χ3v) is 4.96. The summed E-state index contributed by atoms with van der Waals surface area (Å²) in [6, 6.07) is 6.33. The molecule has 6 nitrogen and oxygen atoms in total. The average molecular weight is 346 g/mol. The Hall–Kier alpha value is -2.17. The molecule has 1 atom stereocenters. The van der Waals surface area contributed by atoms with Crippen LogP contribution >= 0.6 is 0 Å². The molecule has 0 bridgehead atoms. The number of ether oxygens (including phenoxy) is 1. The first-order chi connectivity index (χ1) is 12.1. The van der Waals surface area contributed by atoms with Gasteiger partial charge in [0.05, 0.1) is 36.6 Å². The highest BCUT2D eigenvalue weighted by molar-refractivity contribution is 5.81. The molecule has 0 aliphatic carbocycles. The molecule has 0 N–H and O–H groups in total. The minimum absolute atomic E-state index is 0.140. The molecule has 7 heteroatoms. The van der Waals surface area contributed by atoms with Crippen molar-refractivity contribution in [2.75, 3.05) is 57.4 Å². The van der Waals surface area contributed by atoms with Crippen molar-refractivity contribution in [3.63, 3.8) is 0 Å². The highest BCUT2D eigenvalue weighted by Crippen LogP contribution is 2.22. The van der Waals surface area contributed by atoms with Gasteiger partial charge in [0.15, 0.2) is 0 Å². The predicted octanol–water partition coefficient (Wildman–Crippen LogP) is 1.07. The molecule has 2 heterocycles. The number of carbonyl (C=O) groups excluding carboxylic acids is 1. The van der Waals surface area contributed by atoms with Gasteiger partial charge in [0.1, 0.15) is 5.82 Å². The molecule has 2 saturated heterocycles. The zero-order valence-electron chi connectivity index (χ0n) is 14.4. The van der Waals surface area contributed by atoms with Crippen molar-refractivity contribution >= 4 is 11.6 Å². The van der Waals surface area contributed by atoms with E-state index in [1.54, 1.807) is 12.1 Å². The number of piperazine rings is 1. The molecular weight excluding hydrogens is 323 g/mol. The van der Waals surface area contributed by atoms with Crippen molar-refractivity contribution in [2.24, 2.45) is 0 Å². The van der Waals surface area contributed by atoms with Crippen LogP contribution in [0.2, 0.25) is 0 Å². The van der Waals surface area contributed by atoms with E-state index in [-0.39, 0.29) is 17.8 Å². The van der Waals surface area contributed by atoms with Crippen LogP contribution in [-0.4, -0.2) is 74.2 Å². The third-order valence-electron chi connectivity index (χ3n) is 4.96. The van der Waals surface area contributed by atoms with E-state index in [0.29, 0.717) is 63.7 Å². The van der Waals surface area contributed by atoms with Crippen LogP contribution in [0.15, 0.2) is 18.2 Å². The van der Waals surface area contributed by atoms with Gasteiger partial charge in [-0.1, -0.05) is 0 Å². The smallest absolute Gasteiger partial charge is 0.239 e. The first-order valence-electron chi connectivity index (χ1n) is 8.65. The van der Waals surface area contributed by atoms with E-state index in [2.05, 4.69) is 4.90 Å². The van der Waals surface area contributed by atoms with E-state index in [4.69, 9.17) is 10.00 Å². The summed E-state index contributed by atoms with van der Waals surface area (Å²) in [4.78, 5) is 18.6. The lowest BCUT2D eigenvalue weighted by Crippen LogP contribution is -2.56. The minimum Gasteiger partial charge on any atom is -0.378 e. The highest BCUT2D eigenvalue weighted by Gasteiger charge is 2.30. The molecule has 1 aromatic carbocycles. The van der Waals surface area contributed by atoms with Crippen LogP contribution in [0.4, 0.5) is 10.1 Å². The first-order valence-corrected chi connectivity index (χ1v) is 8.65. The van der Waals surface area contributed by atoms with Gasteiger partial charge in [-0.05, 0) is 25.1 Å². The normalized spacial score (nSPS) is 20.2. The first kappa shape index (κ1) is 17.6. The average Bonchev–Trinajstić information content (AvgIpc) is 2.67. The topological polar surface area (TPSA) is 59.8 Å². The highest BCUT2D eigenvalue weighted by atomic mass is 19.1. The lowest BCUT2D eigenvalue weighted by atomic mass is 10.1. The van der Waals surface area contributed by atoms with Crippen molar-refractivity contribution in [1.29, 1.82) is 5.26 Å². The van der Waals surface area contributed by atoms with E-state index in [1.807, 2.05) is 22.8 Å². The molecule has 2 aliphatic rings. The number of morpholine rings is 1. The van der Waals surface area contributed by atoms with Crippen LogP contribution in [0.25, 0.3) is 0 Å². The standard InChI is InChI=1S/C18H23FN4O2/c1-14(18(24)23-8-10-25-11-9-23)21-4-6-22(7-5-21)17-3-2-15(13-20)12-16(17)19/h2-3,12,14H,4-11H2,1H3/t14-/m0/s1. The second-order valence-corrected chi connectivity index (χ2v) is 6.41. The van der Waals surface area contributed by atoms with E-state index >= 15 is 0 Å². The number of nitriles is 1. The second-order valence-electron chi connectivity index (χ2n) is 6.41. The molecule has 2 fully saturated rings. The number of benzene rings is 1. The van der Waals surface area contributed by atoms with Crippen LogP contribution in [0.5, 0.6) is 0 Å². The summed E-state index contributed by atoms with van der Waals surface area (Å²) in [5, 5.41) is 8.84. The molecule has 1 amide bonds. The maximum absolute atomic E-state index is 14.2. The number of nitrogens with zero attached hydrogens (tertiary/aromatic N) is 4. The summed E-state index contributed by atoms with van der Waals surface area (Å²) in [6.45, 7) is 7.17. The van der Waals surface area contributed by atoms with Crippen LogP contribution in [0.3, 0.4) is 0 Å². The molecular formula is C18H23FN4O2. The quantitative estimate of drug-likeness (QED) is 0.819. The Morgan fingerprint density at radius 2 is 1.88 bits per heavy atom. The van der Waals surface area contributed by atoms with Crippen LogP contribution < -0.4 is 4.90 Å². The number of amides is 1. The van der Waals surface area contributed by atoms with E-state index in [1.165, 1.54) is 6.07 Å². The summed E-state index contributed by atoms with van der Waals surface area (Å²) in [5.74, 6) is -0.230. The molecule has 0 spiro atoms. The Bertz CT molecular complexity index is 662. The molecule has 1 aromatic rings. The summed E-state index contributed by atoms with van der Waals surface area (Å²) < 4.78 is 19.5. The fourth-order valence-electron chi connectivity index (χ4n) is 3.39. The molecule has 3 rings (SSSR count). The number of halogens is 1. The van der Waals surface area contributed by atoms with Gasteiger partial charge in [0.2, 0.25) is 5.91 Å². The predicted molar refractivity (Wildman–Crippen MR) is 91.8 cm³/mol. The third kappa shape index (κ3) is 3.91. The molecule has 134 valence electrons. The molecule has 0 radical (unpaired) electrons. The minimum atomic E-state index is -0.370. The van der Waals surface area contributed by atoms with Crippen LogP contribution in [0, 0.1) is 17.1 Å². The SMILES string of the molecule is C[C@@H](C(=O)N1CCOCC1)N1CCN(c2ccc(C#N)cc2F)CC1. The van der Waals surface area contributed by atoms with Crippen LogP contribution in [-0.2, 0) is 9.53 Å². The van der Waals surface area contributed by atoms with Gasteiger partial charge in [-0.2, -0.15) is 5.26 Å². The lowest BCUT2D eigenvalue weighted by molar-refractivity contribution is -0.140. The number of carbonyl (C=O) groups is 1. The summed E-state index contributed by atoms with van der Waals surface area (Å²) in [5.41, 5.74) is 0.843. The Morgan fingerprint density at radius 3 is 2.48 bits per heavy atom. The maximum atomic E-state index is 14.2. The van der Waals surface area contributed by atoms with Crippen molar-refractivity contribution in [2.45, 2.75) is 13.0 Å². The van der Waals surface area contributed by atoms with Gasteiger partial charge in [-0.3, -0.25) is 9.69 Å². The molecule has 25 heavy (non-hydrogen) atoms. The molecule has 2 aliphatic heterocycles. The lowest BCUT2D eigenvalue weighted by Gasteiger charge is -2.40. The fraction of sp³-hybridized carbons (Fsp3) is 0.556. The van der Waals surface area contributed by atoms with E-state index in [9.17, 15) is 9.18 Å². The molecule has 0 unspecified atom stereocenters. The Kier molecular flexibility index (Phi) is 5.51. The maximum Gasteiger partial charge on any atom is 0.239 e. The summed E-state index contributed by atoms with van der Waals surface area (Å²) in [7, 11) is 0. The Balaban J connectivity index is 1.58. The van der Waals surface area contributed by atoms with E-state index in [0.717, 1.165) is 0 Å². The van der Waals surface area contributed by atoms with Crippen molar-refractivity contribution in [1.82, 2.24) is 9.80 Å². The number of hydrogen-bond acceptors (Lipinski definition) is 5. The van der Waals surface area contributed by atoms with Gasteiger partial charge >= 0.3 is 0 Å². The number of anilines is 1. The zero-order valence-corrected chi connectivity index (χ0v) is 14.4. The van der Waals surface area contributed by atoms with Gasteiger partial charge in [0, 0.05) is 39.3 Å². The Morgan fingerprint density at radius 1 is 1.20 bits per heavy atom. The number of rotatable bonds is 3. The number of hydrogen-bond donors (Lipinski definition) is 0. The molecule has 0 aromatic heterocycles. The summed E-state index contributed by atoms with van der Waals surface area (Å²) in [6.07, 6.45) is 0. The fourth-order valence-corrected chi connectivity index (χ4v) is 3.39. The van der Waals surface area contributed by atoms with Gasteiger partial charge in [-0.15, -0.1) is 0 Å². The summed E-state index contributed by atoms with van der Waals surface area (Å²) >= 11 is 0. The van der Waals surface area contributed by atoms with Crippen molar-refractivity contribution in [3.05, 3.63) is 29.6 Å². The second kappa shape index (κ2) is 7.81. The molecule has 0 saturated carbocycles. The van der Waals surface area contributed by atoms with Gasteiger partial charge < -0.3 is 14.5 Å². The Labute approximate surface area is 147 Å². The van der Waals surface area contributed by atoms with Crippen molar-refractivity contribution in [3.8, 4) is 6.07 Å². The van der Waals surface area contributed by atoms with E-state index < -0.39 is 0 Å². The van der Waals surface area contributed by atoms with Crippen molar-refractivity contribution < 1.29 is 13.9 Å². The van der Waals surface area contributed by atoms with Crippen LogP contribution in [0.1, 0.15) is 12.5 Å². The van der Waals surface area contributed by atoms with Gasteiger partial charge in [0.25, 0.3) is 0 Å². The zero-order chi connectivity index (χ0) is 17.8. The largest absolute Gasteiger partial charge is 0.378 e.